The van der Waals surface area contributed by atoms with Gasteiger partial charge < -0.3 is 28.5 Å². The summed E-state index contributed by atoms with van der Waals surface area (Å²) in [5.74, 6) is -0.627. The minimum Gasteiger partial charge on any atom is -0.756 e. The summed E-state index contributed by atoms with van der Waals surface area (Å²) in [5, 5.41) is 2.98. The number of nitrogens with one attached hydrogen (secondary N) is 1. The number of allylic oxidation sites excluding steroid dienone is 15. The van der Waals surface area contributed by atoms with E-state index in [2.05, 4.69) is 111 Å². The number of likely N-dealkylation sites (N-methyl/N-ethyl adjacent to an activating group) is 1. The lowest BCUT2D eigenvalue weighted by atomic mass is 10.1. The van der Waals surface area contributed by atoms with Crippen LogP contribution in [0.1, 0.15) is 213 Å². The van der Waals surface area contributed by atoms with Gasteiger partial charge in [-0.1, -0.05) is 202 Å². The zero-order chi connectivity index (χ0) is 50.8. The highest BCUT2D eigenvalue weighted by atomic mass is 31.2. The summed E-state index contributed by atoms with van der Waals surface area (Å²) in [6.45, 7) is 6.54. The first kappa shape index (κ1) is 65.9. The molecule has 0 fully saturated rings. The molecular formula is C59H103N2O7P. The summed E-state index contributed by atoms with van der Waals surface area (Å²) in [6, 6.07) is -0.925. The summed E-state index contributed by atoms with van der Waals surface area (Å²) < 4.78 is 30.1. The van der Waals surface area contributed by atoms with Crippen molar-refractivity contribution in [1.29, 1.82) is 0 Å². The lowest BCUT2D eigenvalue weighted by Crippen LogP contribution is -2.47. The van der Waals surface area contributed by atoms with Gasteiger partial charge in [0.15, 0.2) is 0 Å². The topological polar surface area (TPSA) is 114 Å². The van der Waals surface area contributed by atoms with Crippen molar-refractivity contribution < 1.29 is 37.3 Å². The Hall–Kier alpha value is -3.07. The Morgan fingerprint density at radius 3 is 1.42 bits per heavy atom. The molecule has 0 rings (SSSR count). The Bertz CT molecular complexity index is 1510. The third-order valence-corrected chi connectivity index (χ3v) is 12.5. The molecule has 0 aliphatic heterocycles. The van der Waals surface area contributed by atoms with Crippen LogP contribution in [-0.4, -0.2) is 69.4 Å². The number of quaternary nitrogens is 1. The van der Waals surface area contributed by atoms with Gasteiger partial charge in [-0.3, -0.25) is 14.2 Å². The Morgan fingerprint density at radius 2 is 0.942 bits per heavy atom. The molecular weight excluding hydrogens is 880 g/mol. The summed E-state index contributed by atoms with van der Waals surface area (Å²) in [4.78, 5) is 39.8. The summed E-state index contributed by atoms with van der Waals surface area (Å²) >= 11 is 0. The van der Waals surface area contributed by atoms with Crippen LogP contribution >= 0.6 is 7.82 Å². The molecule has 1 N–H and O–H groups in total. The van der Waals surface area contributed by atoms with Gasteiger partial charge in [0.25, 0.3) is 7.82 Å². The molecule has 0 saturated carbocycles. The van der Waals surface area contributed by atoms with Crippen LogP contribution in [0.3, 0.4) is 0 Å². The van der Waals surface area contributed by atoms with Crippen molar-refractivity contribution in [3.05, 3.63) is 97.2 Å². The lowest BCUT2D eigenvalue weighted by Gasteiger charge is -2.30. The van der Waals surface area contributed by atoms with Crippen LogP contribution < -0.4 is 10.2 Å². The molecule has 0 aliphatic carbocycles. The number of unbranched alkanes of at least 4 members (excludes halogenated alkanes) is 18. The van der Waals surface area contributed by atoms with Gasteiger partial charge in [0.2, 0.25) is 5.91 Å². The second kappa shape index (κ2) is 48.6. The highest BCUT2D eigenvalue weighted by Gasteiger charge is 2.27. The number of nitrogens with zero attached hydrogens (tertiary/aromatic N) is 1. The maximum absolute atomic E-state index is 13.4. The number of phosphoric ester groups is 1. The van der Waals surface area contributed by atoms with E-state index in [1.54, 1.807) is 6.08 Å². The molecule has 0 aliphatic rings. The van der Waals surface area contributed by atoms with Gasteiger partial charge >= 0.3 is 5.97 Å². The summed E-state index contributed by atoms with van der Waals surface area (Å²) in [5.41, 5.74) is 0. The van der Waals surface area contributed by atoms with Gasteiger partial charge in [0.1, 0.15) is 19.3 Å². The zero-order valence-corrected chi connectivity index (χ0v) is 45.9. The summed E-state index contributed by atoms with van der Waals surface area (Å²) in [6.07, 6.45) is 63.8. The largest absolute Gasteiger partial charge is 0.756 e. The van der Waals surface area contributed by atoms with Gasteiger partial charge in [-0.05, 0) is 96.0 Å². The third-order valence-electron chi connectivity index (χ3n) is 11.5. The van der Waals surface area contributed by atoms with E-state index >= 15 is 0 Å². The first-order valence-corrected chi connectivity index (χ1v) is 29.0. The van der Waals surface area contributed by atoms with E-state index in [0.717, 1.165) is 96.3 Å². The monoisotopic (exact) mass is 983 g/mol. The highest BCUT2D eigenvalue weighted by molar-refractivity contribution is 7.45. The predicted octanol–water partition coefficient (Wildman–Crippen LogP) is 15.8. The first-order valence-electron chi connectivity index (χ1n) is 27.5. The number of esters is 1. The molecule has 10 heteroatoms. The second-order valence-electron chi connectivity index (χ2n) is 19.3. The van der Waals surface area contributed by atoms with Gasteiger partial charge in [-0.15, -0.1) is 0 Å². The molecule has 396 valence electrons. The normalized spacial score (nSPS) is 14.6. The van der Waals surface area contributed by atoms with E-state index < -0.39 is 26.6 Å². The molecule has 0 bridgehead atoms. The number of carbonyl (C=O) groups excluding carboxylic acids is 2. The number of rotatable bonds is 48. The van der Waals surface area contributed by atoms with Crippen LogP contribution in [0.2, 0.25) is 0 Å². The van der Waals surface area contributed by atoms with Crippen molar-refractivity contribution in [2.75, 3.05) is 40.9 Å². The smallest absolute Gasteiger partial charge is 0.306 e. The third kappa shape index (κ3) is 49.7. The number of ether oxygens (including phenoxy) is 1. The van der Waals surface area contributed by atoms with E-state index in [1.807, 2.05) is 27.2 Å². The molecule has 1 amide bonds. The zero-order valence-electron chi connectivity index (χ0n) is 45.0. The second-order valence-corrected chi connectivity index (χ2v) is 20.7. The van der Waals surface area contributed by atoms with Crippen LogP contribution in [0.25, 0.3) is 0 Å². The van der Waals surface area contributed by atoms with Crippen molar-refractivity contribution in [2.24, 2.45) is 0 Å². The average molecular weight is 983 g/mol. The predicted molar refractivity (Wildman–Crippen MR) is 293 cm³/mol. The molecule has 0 aromatic rings. The van der Waals surface area contributed by atoms with Crippen molar-refractivity contribution in [3.63, 3.8) is 0 Å². The van der Waals surface area contributed by atoms with Crippen LogP contribution in [0, 0.1) is 0 Å². The molecule has 0 saturated heterocycles. The number of carbonyl (C=O) groups is 2. The van der Waals surface area contributed by atoms with Gasteiger partial charge in [0.05, 0.1) is 33.8 Å². The number of hydrogen-bond acceptors (Lipinski definition) is 7. The van der Waals surface area contributed by atoms with Crippen LogP contribution in [0.15, 0.2) is 97.2 Å². The maximum atomic E-state index is 13.4. The van der Waals surface area contributed by atoms with Crippen molar-refractivity contribution >= 4 is 19.7 Å². The molecule has 0 heterocycles. The fourth-order valence-corrected chi connectivity index (χ4v) is 8.02. The highest BCUT2D eigenvalue weighted by Crippen LogP contribution is 2.38. The van der Waals surface area contributed by atoms with Crippen LogP contribution in [0.5, 0.6) is 0 Å². The van der Waals surface area contributed by atoms with Crippen molar-refractivity contribution in [2.45, 2.75) is 226 Å². The van der Waals surface area contributed by atoms with Crippen molar-refractivity contribution in [3.8, 4) is 0 Å². The van der Waals surface area contributed by atoms with Crippen LogP contribution in [0.4, 0.5) is 0 Å². The number of hydrogen-bond donors (Lipinski definition) is 1. The molecule has 0 radical (unpaired) electrons. The molecule has 0 aromatic heterocycles. The molecule has 3 unspecified atom stereocenters. The van der Waals surface area contributed by atoms with Gasteiger partial charge in [-0.2, -0.15) is 0 Å². The van der Waals surface area contributed by atoms with E-state index in [1.165, 1.54) is 70.6 Å². The SMILES string of the molecule is CC/C=C\C/C=C\C/C=C\C/C=C\C/C=C\CCCC(=O)NC(COP(=O)([O-])OCC[N+](C)(C)C)C(/C=C/CCCCCCCCCCCC)OC(=O)CCCCCCCCC/C=C/C/C=C/CC. The molecule has 3 atom stereocenters. The first-order chi connectivity index (χ1) is 33.4. The lowest BCUT2D eigenvalue weighted by molar-refractivity contribution is -0.870. The molecule has 0 aromatic carbocycles. The van der Waals surface area contributed by atoms with E-state index in [0.29, 0.717) is 23.9 Å². The minimum atomic E-state index is -4.71. The van der Waals surface area contributed by atoms with E-state index in [-0.39, 0.29) is 31.3 Å². The van der Waals surface area contributed by atoms with Gasteiger partial charge in [-0.25, -0.2) is 0 Å². The Balaban J connectivity index is 5.50. The minimum absolute atomic E-state index is 0.0389. The molecule has 69 heavy (non-hydrogen) atoms. The summed E-state index contributed by atoms with van der Waals surface area (Å²) in [7, 11) is 1.13. The average Bonchev–Trinajstić information content (AvgIpc) is 3.31. The Labute approximate surface area is 424 Å². The quantitative estimate of drug-likeness (QED) is 0.0212. The van der Waals surface area contributed by atoms with Crippen molar-refractivity contribution in [1.82, 2.24) is 5.32 Å². The Morgan fingerprint density at radius 1 is 0.522 bits per heavy atom. The Kier molecular flexibility index (Phi) is 46.4. The fourth-order valence-electron chi connectivity index (χ4n) is 7.30. The maximum Gasteiger partial charge on any atom is 0.306 e. The standard InChI is InChI=1S/C59H103N2O7P/c1-7-10-13-16-19-22-25-28-30-31-32-33-36-39-42-45-48-51-58(62)60-56(55-67-69(64,65)66-54-53-61(4,5)6)57(50-47-44-41-38-35-27-24-21-18-15-12-9-3)68-59(63)52-49-46-43-40-37-34-29-26-23-20-17-14-11-8-2/h10-11,13-14,19-20,22-23,28,30,32-33,39,42,47,50,56-57H,7-9,12,15-18,21,24-27,29,31,34-38,40-41,43-46,48-49,51-55H2,1-6H3,(H-,60,62,64,65)/b13-10-,14-11+,22-19-,23-20+,30-28-,33-32-,42-39-,50-47+. The fraction of sp³-hybridized carbons (Fsp3) is 0.695. The van der Waals surface area contributed by atoms with E-state index in [4.69, 9.17) is 13.8 Å². The van der Waals surface area contributed by atoms with E-state index in [9.17, 15) is 19.0 Å². The van der Waals surface area contributed by atoms with Gasteiger partial charge in [0, 0.05) is 12.8 Å². The molecule has 0 spiro atoms. The number of amides is 1. The van der Waals surface area contributed by atoms with Crippen LogP contribution in [-0.2, 0) is 27.9 Å². The molecule has 9 nitrogen and oxygen atoms in total. The number of phosphoric acid groups is 1.